The summed E-state index contributed by atoms with van der Waals surface area (Å²) in [7, 11) is 0. The van der Waals surface area contributed by atoms with E-state index in [0.717, 1.165) is 0 Å². The fraction of sp³-hybridized carbons (Fsp3) is 0.588. The molecule has 4 atom stereocenters. The number of likely N-dealkylation sites (tertiary alicyclic amines) is 2. The number of carbonyl (C=O) groups is 2. The zero-order valence-corrected chi connectivity index (χ0v) is 36.4. The molecule has 0 unspecified atom stereocenters. The van der Waals surface area contributed by atoms with Gasteiger partial charge in [-0.25, -0.2) is 9.59 Å². The van der Waals surface area contributed by atoms with Crippen LogP contribution in [0.15, 0.2) is 24.3 Å². The third-order valence-corrected chi connectivity index (χ3v) is 11.7. The van der Waals surface area contributed by atoms with Crippen molar-refractivity contribution < 1.29 is 138 Å². The van der Waals surface area contributed by atoms with Crippen LogP contribution in [0.25, 0.3) is 0 Å². The molecule has 14 N–H and O–H groups in total. The van der Waals surface area contributed by atoms with E-state index in [-0.39, 0.29) is 157 Å². The summed E-state index contributed by atoms with van der Waals surface area (Å²) in [5.74, 6) is -3.41. The Morgan fingerprint density at radius 1 is 0.655 bits per heavy atom. The fourth-order valence-corrected chi connectivity index (χ4v) is 8.23. The van der Waals surface area contributed by atoms with Gasteiger partial charge < -0.3 is 81.0 Å². The summed E-state index contributed by atoms with van der Waals surface area (Å²) < 4.78 is 22.2. The first-order chi connectivity index (χ1) is 26.3. The molecule has 0 bridgehead atoms. The van der Waals surface area contributed by atoms with Crippen LogP contribution < -0.4 is 89.4 Å². The van der Waals surface area contributed by atoms with Crippen molar-refractivity contribution in [3.63, 3.8) is 0 Å². The molecule has 2 saturated heterocycles. The Morgan fingerprint density at radius 2 is 0.983 bits per heavy atom. The third-order valence-electron chi connectivity index (χ3n) is 11.7. The molecule has 6 aliphatic rings. The number of aromatic carboxylic acids is 2. The van der Waals surface area contributed by atoms with Gasteiger partial charge in [0.1, 0.15) is 34.8 Å². The Hall–Kier alpha value is -1.77. The molecule has 2 aromatic carbocycles. The van der Waals surface area contributed by atoms with Crippen molar-refractivity contribution in [3.8, 4) is 23.0 Å². The number of hydrogen-bond acceptors (Lipinski definition) is 18. The Morgan fingerprint density at radius 3 is 1.28 bits per heavy atom. The number of hydrogen-bond donors (Lipinski definition) is 12. The smallest absolute Gasteiger partial charge is 0.669 e. The van der Waals surface area contributed by atoms with Gasteiger partial charge in [0.05, 0.1) is 49.0 Å². The molecule has 308 valence electrons. The van der Waals surface area contributed by atoms with Crippen molar-refractivity contribution in [2.75, 3.05) is 65.7 Å². The molecule has 4 heterocycles. The van der Waals surface area contributed by atoms with Gasteiger partial charge >= 0.3 is 84.6 Å². The predicted octanol–water partition coefficient (Wildman–Crippen LogP) is -9.39. The quantitative estimate of drug-likeness (QED) is 0.0786. The molecule has 0 amide bonds. The van der Waals surface area contributed by atoms with Crippen LogP contribution in [-0.4, -0.2) is 175 Å². The first-order valence-electron chi connectivity index (χ1n) is 18.5. The van der Waals surface area contributed by atoms with E-state index in [1.807, 2.05) is 9.80 Å². The molecule has 58 heavy (non-hydrogen) atoms. The minimum atomic E-state index is -3.08. The van der Waals surface area contributed by atoms with E-state index in [1.54, 1.807) is 24.3 Å². The van der Waals surface area contributed by atoms with Gasteiger partial charge in [-0.05, 0) is 35.1 Å². The van der Waals surface area contributed by atoms with Gasteiger partial charge in [-0.15, -0.1) is 0 Å². The number of carboxylic acids is 2. The van der Waals surface area contributed by atoms with Crippen LogP contribution in [-0.2, 0) is 0 Å². The number of aliphatic hydroxyl groups is 4. The van der Waals surface area contributed by atoms with Crippen LogP contribution in [0.2, 0.25) is 11.6 Å². The first kappa shape index (κ1) is 47.3. The summed E-state index contributed by atoms with van der Waals surface area (Å²) in [6.07, 6.45) is 0.503. The number of ether oxygens (including phenoxy) is 2. The molecular weight excluding hydrogens is 788 g/mol. The molecule has 24 heteroatoms. The Kier molecular flexibility index (Phi) is 14.3. The predicted molar refractivity (Wildman–Crippen MR) is 195 cm³/mol. The van der Waals surface area contributed by atoms with Gasteiger partial charge in [0.25, 0.3) is 0 Å². The minimum Gasteiger partial charge on any atom is -0.669 e. The maximum atomic E-state index is 11.8. The molecular formula is C34H48B2N4Na2O16. The maximum Gasteiger partial charge on any atom is 1.00 e. The van der Waals surface area contributed by atoms with Crippen molar-refractivity contribution in [3.05, 3.63) is 46.5 Å². The van der Waals surface area contributed by atoms with Gasteiger partial charge in [-0.1, -0.05) is 36.6 Å². The SMILES string of the molecule is NC(CO)(CO)CN1CC(Oc2ccc3c(c2C(=O)O)O[B-](O)(O)[C@@H]2C[C@H]32)C1.NC(CO)(CO)CN1CC(Oc2ccc3c(c2C(=O)O)O[B-](O)(O)[C@@H]2C[C@H]32)C1.[Na+].[Na+]. The van der Waals surface area contributed by atoms with Crippen LogP contribution in [0.4, 0.5) is 0 Å². The second kappa shape index (κ2) is 17.5. The number of aliphatic hydroxyl groups excluding tert-OH is 4. The standard InChI is InChI=1S/2C17H24BN2O8.2Na/c2*19-17(7-21,8-22)6-20-4-9(5-20)27-13-2-1-10-11-3-12(11)18(25,26)28-15(10)14(13)16(23)24;;/h2*1-2,9,11-12,21-22,25-26H,3-8,19H2,(H,23,24);;/q2*-1;2*+1/t2*11-,12-;;/m11../s1. The minimum absolute atomic E-state index is 0. The number of fused-ring (bicyclic) bond motifs is 6. The molecule has 2 aromatic rings. The maximum absolute atomic E-state index is 11.8. The zero-order valence-electron chi connectivity index (χ0n) is 32.4. The summed E-state index contributed by atoms with van der Waals surface area (Å²) in [6.45, 7) is -5.22. The van der Waals surface area contributed by atoms with Crippen molar-refractivity contribution in [1.82, 2.24) is 9.80 Å². The van der Waals surface area contributed by atoms with Crippen molar-refractivity contribution in [2.24, 2.45) is 11.5 Å². The summed E-state index contributed by atoms with van der Waals surface area (Å²) in [5.41, 5.74) is 10.4. The second-order valence-corrected chi connectivity index (χ2v) is 16.3. The first-order valence-corrected chi connectivity index (χ1v) is 18.5. The van der Waals surface area contributed by atoms with Gasteiger partial charge in [0, 0.05) is 39.3 Å². The molecule has 4 aliphatic heterocycles. The number of rotatable bonds is 14. The summed E-state index contributed by atoms with van der Waals surface area (Å²) in [4.78, 5) is 27.5. The van der Waals surface area contributed by atoms with Crippen LogP contribution in [0.3, 0.4) is 0 Å². The number of carboxylic acid groups (broad SMARTS) is 2. The van der Waals surface area contributed by atoms with Crippen LogP contribution >= 0.6 is 0 Å². The van der Waals surface area contributed by atoms with Gasteiger partial charge in [-0.3, -0.25) is 9.80 Å². The Labute approximate surface area is 377 Å². The van der Waals surface area contributed by atoms with Crippen LogP contribution in [0.5, 0.6) is 23.0 Å². The van der Waals surface area contributed by atoms with E-state index < -0.39 is 48.2 Å². The summed E-state index contributed by atoms with van der Waals surface area (Å²) >= 11 is 0. The van der Waals surface area contributed by atoms with Gasteiger partial charge in [0.2, 0.25) is 0 Å². The monoisotopic (exact) mass is 836 g/mol. The molecule has 0 radical (unpaired) electrons. The number of benzene rings is 2. The second-order valence-electron chi connectivity index (χ2n) is 16.3. The van der Waals surface area contributed by atoms with E-state index in [9.17, 15) is 60.3 Å². The largest absolute Gasteiger partial charge is 1.00 e. The van der Waals surface area contributed by atoms with E-state index >= 15 is 0 Å². The van der Waals surface area contributed by atoms with E-state index in [1.165, 1.54) is 0 Å². The van der Waals surface area contributed by atoms with Crippen LogP contribution in [0, 0.1) is 0 Å². The van der Waals surface area contributed by atoms with Gasteiger partial charge in [-0.2, -0.15) is 0 Å². The third kappa shape index (κ3) is 9.34. The topological polar surface area (TPSA) is 332 Å². The van der Waals surface area contributed by atoms with Gasteiger partial charge in [0.15, 0.2) is 0 Å². The van der Waals surface area contributed by atoms with Crippen molar-refractivity contribution in [1.29, 1.82) is 0 Å². The molecule has 2 aliphatic carbocycles. The molecule has 0 spiro atoms. The molecule has 8 rings (SSSR count). The van der Waals surface area contributed by atoms with E-state index in [2.05, 4.69) is 0 Å². The van der Waals surface area contributed by atoms with Crippen LogP contribution in [0.1, 0.15) is 56.5 Å². The molecule has 20 nitrogen and oxygen atoms in total. The molecule has 2 saturated carbocycles. The van der Waals surface area contributed by atoms with E-state index in [4.69, 9.17) is 30.2 Å². The average molecular weight is 836 g/mol. The number of nitrogens with zero attached hydrogens (tertiary/aromatic N) is 2. The molecule has 4 fully saturated rings. The summed E-state index contributed by atoms with van der Waals surface area (Å²) in [6, 6.07) is 6.58. The summed E-state index contributed by atoms with van der Waals surface area (Å²) in [5, 5.41) is 96.7. The number of nitrogens with two attached hydrogens (primary N) is 2. The van der Waals surface area contributed by atoms with Crippen molar-refractivity contribution in [2.45, 2.75) is 59.6 Å². The Bertz CT molecular complexity index is 1730. The Balaban J connectivity index is 0.000000214. The van der Waals surface area contributed by atoms with Crippen molar-refractivity contribution >= 4 is 25.4 Å². The zero-order chi connectivity index (χ0) is 40.5. The average Bonchev–Trinajstić information content (AvgIpc) is 4.04. The normalized spacial score (nSPS) is 25.0. The fourth-order valence-electron chi connectivity index (χ4n) is 8.23. The van der Waals surface area contributed by atoms with E-state index in [0.29, 0.717) is 50.1 Å². The molecule has 0 aromatic heterocycles.